The normalized spacial score (nSPS) is 9.50. The highest BCUT2D eigenvalue weighted by molar-refractivity contribution is 5.47. The molecule has 76 valence electrons. The van der Waals surface area contributed by atoms with Crippen LogP contribution in [0, 0.1) is 0 Å². The maximum absolute atomic E-state index is 5.13. The van der Waals surface area contributed by atoms with Crippen LogP contribution in [0.2, 0.25) is 0 Å². The van der Waals surface area contributed by atoms with Gasteiger partial charge >= 0.3 is 0 Å². The summed E-state index contributed by atoms with van der Waals surface area (Å²) in [4.78, 5) is 0. The van der Waals surface area contributed by atoms with Crippen LogP contribution in [0.4, 0.5) is 5.69 Å². The minimum atomic E-state index is 0.888. The molecule has 0 radical (unpaired) electrons. The van der Waals surface area contributed by atoms with Crippen LogP contribution in [-0.2, 0) is 0 Å². The molecule has 0 spiro atoms. The molecule has 2 heteroatoms. The van der Waals surface area contributed by atoms with Gasteiger partial charge in [-0.05, 0) is 25.0 Å². The van der Waals surface area contributed by atoms with E-state index in [1.165, 1.54) is 0 Å². The van der Waals surface area contributed by atoms with Gasteiger partial charge in [0.15, 0.2) is 0 Å². The highest BCUT2D eigenvalue weighted by Crippen LogP contribution is 2.16. The van der Waals surface area contributed by atoms with Crippen molar-refractivity contribution in [2.24, 2.45) is 0 Å². The molecular weight excluding hydrogens is 174 g/mol. The fraction of sp³-hybridized carbons (Fsp3) is 0.333. The summed E-state index contributed by atoms with van der Waals surface area (Å²) in [5.74, 6) is 0.888. The Kier molecular flexibility index (Phi) is 4.62. The van der Waals surface area contributed by atoms with Gasteiger partial charge in [-0.25, -0.2) is 0 Å². The number of allylic oxidation sites excluding steroid dienone is 1. The van der Waals surface area contributed by atoms with E-state index in [-0.39, 0.29) is 0 Å². The summed E-state index contributed by atoms with van der Waals surface area (Å²) >= 11 is 0. The van der Waals surface area contributed by atoms with Crippen molar-refractivity contribution in [3.8, 4) is 5.75 Å². The zero-order chi connectivity index (χ0) is 10.2. The molecule has 0 heterocycles. The van der Waals surface area contributed by atoms with E-state index in [9.17, 15) is 0 Å². The molecule has 2 nitrogen and oxygen atoms in total. The summed E-state index contributed by atoms with van der Waals surface area (Å²) in [6.45, 7) is 4.66. The number of hydrogen-bond donors (Lipinski definition) is 1. The van der Waals surface area contributed by atoms with E-state index >= 15 is 0 Å². The number of rotatable bonds is 6. The zero-order valence-corrected chi connectivity index (χ0v) is 8.62. The number of benzene rings is 1. The van der Waals surface area contributed by atoms with Crippen molar-refractivity contribution in [2.45, 2.75) is 12.8 Å². The zero-order valence-electron chi connectivity index (χ0n) is 8.62. The molecule has 14 heavy (non-hydrogen) atoms. The lowest BCUT2D eigenvalue weighted by atomic mass is 10.2. The summed E-state index contributed by atoms with van der Waals surface area (Å²) < 4.78 is 5.13. The van der Waals surface area contributed by atoms with Crippen LogP contribution in [0.5, 0.6) is 5.75 Å². The maximum atomic E-state index is 5.13. The van der Waals surface area contributed by atoms with Crippen molar-refractivity contribution < 1.29 is 4.74 Å². The number of unbranched alkanes of at least 4 members (excludes halogenated alkanes) is 1. The molecule has 0 amide bonds. The van der Waals surface area contributed by atoms with Crippen molar-refractivity contribution in [1.29, 1.82) is 0 Å². The van der Waals surface area contributed by atoms with E-state index in [0.29, 0.717) is 0 Å². The molecule has 1 N–H and O–H groups in total. The molecule has 0 aromatic heterocycles. The average molecular weight is 191 g/mol. The van der Waals surface area contributed by atoms with Crippen molar-refractivity contribution in [3.63, 3.8) is 0 Å². The van der Waals surface area contributed by atoms with Gasteiger partial charge in [0.2, 0.25) is 0 Å². The molecule has 0 unspecified atom stereocenters. The van der Waals surface area contributed by atoms with Gasteiger partial charge in [0.1, 0.15) is 5.75 Å². The Morgan fingerprint density at radius 1 is 1.50 bits per heavy atom. The molecule has 0 saturated carbocycles. The van der Waals surface area contributed by atoms with Gasteiger partial charge in [0, 0.05) is 18.3 Å². The molecule has 0 aliphatic heterocycles. The summed E-state index contributed by atoms with van der Waals surface area (Å²) in [5, 5.41) is 3.33. The first-order chi connectivity index (χ1) is 6.86. The number of hydrogen-bond acceptors (Lipinski definition) is 2. The Bertz CT molecular complexity index is 283. The first kappa shape index (κ1) is 10.6. The highest BCUT2D eigenvalue weighted by Gasteiger charge is 1.93. The van der Waals surface area contributed by atoms with Crippen LogP contribution in [0.25, 0.3) is 0 Å². The Hall–Kier alpha value is -1.44. The largest absolute Gasteiger partial charge is 0.497 e. The van der Waals surface area contributed by atoms with Crippen LogP contribution < -0.4 is 10.1 Å². The van der Waals surface area contributed by atoms with Crippen LogP contribution >= 0.6 is 0 Å². The van der Waals surface area contributed by atoms with Gasteiger partial charge in [0.05, 0.1) is 7.11 Å². The summed E-state index contributed by atoms with van der Waals surface area (Å²) in [7, 11) is 1.68. The van der Waals surface area contributed by atoms with E-state index in [1.807, 2.05) is 30.3 Å². The van der Waals surface area contributed by atoms with E-state index in [4.69, 9.17) is 4.74 Å². The van der Waals surface area contributed by atoms with Gasteiger partial charge in [0.25, 0.3) is 0 Å². The Labute approximate surface area is 85.6 Å². The number of anilines is 1. The van der Waals surface area contributed by atoms with E-state index in [0.717, 1.165) is 30.8 Å². The predicted molar refractivity (Wildman–Crippen MR) is 60.9 cm³/mol. The molecule has 0 aliphatic rings. The van der Waals surface area contributed by atoms with Crippen molar-refractivity contribution in [3.05, 3.63) is 36.9 Å². The number of methoxy groups -OCH3 is 1. The third-order valence-corrected chi connectivity index (χ3v) is 1.98. The number of nitrogens with one attached hydrogen (secondary N) is 1. The average Bonchev–Trinajstić information content (AvgIpc) is 2.25. The van der Waals surface area contributed by atoms with Gasteiger partial charge in [-0.2, -0.15) is 0 Å². The van der Waals surface area contributed by atoms with Crippen LogP contribution in [0.15, 0.2) is 36.9 Å². The third-order valence-electron chi connectivity index (χ3n) is 1.98. The summed E-state index contributed by atoms with van der Waals surface area (Å²) in [6.07, 6.45) is 4.10. The lowest BCUT2D eigenvalue weighted by molar-refractivity contribution is 0.415. The van der Waals surface area contributed by atoms with E-state index in [1.54, 1.807) is 7.11 Å². The van der Waals surface area contributed by atoms with Gasteiger partial charge in [-0.3, -0.25) is 0 Å². The van der Waals surface area contributed by atoms with Crippen molar-refractivity contribution >= 4 is 5.69 Å². The molecule has 0 saturated heterocycles. The molecule has 1 aromatic carbocycles. The first-order valence-corrected chi connectivity index (χ1v) is 4.85. The molecule has 0 fully saturated rings. The lowest BCUT2D eigenvalue weighted by Gasteiger charge is -2.06. The molecule has 1 aromatic rings. The second-order valence-electron chi connectivity index (χ2n) is 3.09. The maximum Gasteiger partial charge on any atom is 0.120 e. The Morgan fingerprint density at radius 3 is 3.07 bits per heavy atom. The van der Waals surface area contributed by atoms with Gasteiger partial charge < -0.3 is 10.1 Å². The fourth-order valence-corrected chi connectivity index (χ4v) is 1.21. The highest BCUT2D eigenvalue weighted by atomic mass is 16.5. The smallest absolute Gasteiger partial charge is 0.120 e. The van der Waals surface area contributed by atoms with E-state index < -0.39 is 0 Å². The van der Waals surface area contributed by atoms with Crippen molar-refractivity contribution in [2.75, 3.05) is 19.0 Å². The first-order valence-electron chi connectivity index (χ1n) is 4.85. The topological polar surface area (TPSA) is 21.3 Å². The second-order valence-corrected chi connectivity index (χ2v) is 3.09. The quantitative estimate of drug-likeness (QED) is 0.551. The van der Waals surface area contributed by atoms with E-state index in [2.05, 4.69) is 11.9 Å². The molecule has 1 rings (SSSR count). The monoisotopic (exact) mass is 191 g/mol. The summed E-state index contributed by atoms with van der Waals surface area (Å²) in [6, 6.07) is 7.95. The molecular formula is C12H17NO. The molecule has 0 bridgehead atoms. The SMILES string of the molecule is C=CCCCNc1cccc(OC)c1. The molecule has 0 aliphatic carbocycles. The minimum absolute atomic E-state index is 0.888. The minimum Gasteiger partial charge on any atom is -0.497 e. The Balaban J connectivity index is 2.38. The van der Waals surface area contributed by atoms with Gasteiger partial charge in [-0.1, -0.05) is 12.1 Å². The van der Waals surface area contributed by atoms with Crippen LogP contribution in [0.1, 0.15) is 12.8 Å². The molecule has 0 atom stereocenters. The van der Waals surface area contributed by atoms with Gasteiger partial charge in [-0.15, -0.1) is 6.58 Å². The lowest BCUT2D eigenvalue weighted by Crippen LogP contribution is -2.00. The van der Waals surface area contributed by atoms with Crippen LogP contribution in [-0.4, -0.2) is 13.7 Å². The fourth-order valence-electron chi connectivity index (χ4n) is 1.21. The standard InChI is InChI=1S/C12H17NO/c1-3-4-5-9-13-11-7-6-8-12(10-11)14-2/h3,6-8,10,13H,1,4-5,9H2,2H3. The number of ether oxygens (including phenoxy) is 1. The predicted octanol–water partition coefficient (Wildman–Crippen LogP) is 3.07. The van der Waals surface area contributed by atoms with Crippen LogP contribution in [0.3, 0.4) is 0 Å². The summed E-state index contributed by atoms with van der Waals surface area (Å²) in [5.41, 5.74) is 1.11. The third kappa shape index (κ3) is 3.52. The Morgan fingerprint density at radius 2 is 2.36 bits per heavy atom. The van der Waals surface area contributed by atoms with Crippen molar-refractivity contribution in [1.82, 2.24) is 0 Å². The second kappa shape index (κ2) is 6.08.